The van der Waals surface area contributed by atoms with Crippen molar-refractivity contribution < 1.29 is 19.1 Å². The van der Waals surface area contributed by atoms with Gasteiger partial charge < -0.3 is 19.3 Å². The van der Waals surface area contributed by atoms with Crippen molar-refractivity contribution in [2.24, 2.45) is 5.92 Å². The lowest BCUT2D eigenvalue weighted by Crippen LogP contribution is -2.58. The number of anilines is 1. The predicted molar refractivity (Wildman–Crippen MR) is 105 cm³/mol. The van der Waals surface area contributed by atoms with Gasteiger partial charge in [-0.25, -0.2) is 4.79 Å². The average molecular weight is 385 g/mol. The Morgan fingerprint density at radius 3 is 2.50 bits per heavy atom. The molecule has 4 rings (SSSR count). The van der Waals surface area contributed by atoms with Gasteiger partial charge in [-0.15, -0.1) is 0 Å². The van der Waals surface area contributed by atoms with Crippen molar-refractivity contribution in [3.63, 3.8) is 0 Å². The Morgan fingerprint density at radius 1 is 1.18 bits per heavy atom. The second-order valence-corrected chi connectivity index (χ2v) is 8.02. The lowest BCUT2D eigenvalue weighted by Gasteiger charge is -2.43. The summed E-state index contributed by atoms with van der Waals surface area (Å²) in [7, 11) is 1.68. The second-order valence-electron chi connectivity index (χ2n) is 8.02. The molecule has 1 amide bonds. The number of likely N-dealkylation sites (N-methyl/N-ethyl adjacent to an activating group) is 1. The molecule has 7 heteroatoms. The second kappa shape index (κ2) is 7.45. The van der Waals surface area contributed by atoms with Gasteiger partial charge in [0.1, 0.15) is 11.1 Å². The van der Waals surface area contributed by atoms with Crippen LogP contribution in [0.2, 0.25) is 0 Å². The number of carboxylic acid groups (broad SMARTS) is 1. The molecule has 0 bridgehead atoms. The molecule has 7 nitrogen and oxygen atoms in total. The minimum atomic E-state index is -1.03. The number of aromatic nitrogens is 1. The standard InChI is InChI=1S/C21H27N3O4/c1-23(21(19(26)27)11-5-2-6-12-21)18(25)15-9-13-24(14-10-15)20-22-16-7-3-4-8-17(16)28-20/h3-4,7-8,15H,2,5-6,9-14H2,1H3,(H,26,27). The maximum Gasteiger partial charge on any atom is 0.329 e. The van der Waals surface area contributed by atoms with Gasteiger partial charge in [-0.1, -0.05) is 31.4 Å². The number of hydrogen-bond donors (Lipinski definition) is 1. The molecule has 2 aromatic rings. The first kappa shape index (κ1) is 18.8. The van der Waals surface area contributed by atoms with Crippen LogP contribution >= 0.6 is 0 Å². The Labute approximate surface area is 164 Å². The summed E-state index contributed by atoms with van der Waals surface area (Å²) in [5.41, 5.74) is 0.555. The van der Waals surface area contributed by atoms with Crippen LogP contribution in [0.15, 0.2) is 28.7 Å². The van der Waals surface area contributed by atoms with Crippen LogP contribution in [0, 0.1) is 5.92 Å². The summed E-state index contributed by atoms with van der Waals surface area (Å²) in [5, 5.41) is 9.84. The van der Waals surface area contributed by atoms with Crippen molar-refractivity contribution >= 4 is 29.0 Å². The van der Waals surface area contributed by atoms with Crippen LogP contribution in [-0.4, -0.2) is 52.5 Å². The Kier molecular flexibility index (Phi) is 5.00. The van der Waals surface area contributed by atoms with Gasteiger partial charge in [0, 0.05) is 26.1 Å². The number of hydrogen-bond acceptors (Lipinski definition) is 5. The molecule has 1 aromatic heterocycles. The molecule has 2 heterocycles. The average Bonchev–Trinajstić information content (AvgIpc) is 3.17. The summed E-state index contributed by atoms with van der Waals surface area (Å²) in [6, 6.07) is 8.26. The monoisotopic (exact) mass is 385 g/mol. The van der Waals surface area contributed by atoms with E-state index in [1.54, 1.807) is 7.05 Å². The van der Waals surface area contributed by atoms with E-state index in [0.717, 1.165) is 30.4 Å². The summed E-state index contributed by atoms with van der Waals surface area (Å²) in [5.74, 6) is -1.06. The summed E-state index contributed by atoms with van der Waals surface area (Å²) in [4.78, 5) is 33.2. The Balaban J connectivity index is 1.42. The van der Waals surface area contributed by atoms with Gasteiger partial charge in [0.05, 0.1) is 0 Å². The molecule has 2 aliphatic rings. The van der Waals surface area contributed by atoms with E-state index in [-0.39, 0.29) is 11.8 Å². The van der Waals surface area contributed by atoms with Crippen LogP contribution in [0.3, 0.4) is 0 Å². The van der Waals surface area contributed by atoms with Crippen LogP contribution in [0.25, 0.3) is 11.1 Å². The SMILES string of the molecule is CN(C(=O)C1CCN(c2nc3ccccc3o2)CC1)C1(C(=O)O)CCCCC1. The lowest BCUT2D eigenvalue weighted by atomic mass is 9.79. The number of piperidine rings is 1. The Hall–Kier alpha value is -2.57. The minimum Gasteiger partial charge on any atom is -0.479 e. The van der Waals surface area contributed by atoms with Gasteiger partial charge >= 0.3 is 5.97 Å². The third kappa shape index (κ3) is 3.23. The zero-order valence-electron chi connectivity index (χ0n) is 16.3. The van der Waals surface area contributed by atoms with Crippen molar-refractivity contribution in [3.8, 4) is 0 Å². The van der Waals surface area contributed by atoms with Crippen LogP contribution in [0.5, 0.6) is 0 Å². The van der Waals surface area contributed by atoms with Crippen molar-refractivity contribution in [2.75, 3.05) is 25.0 Å². The normalized spacial score (nSPS) is 20.2. The number of rotatable bonds is 4. The number of carbonyl (C=O) groups is 2. The maximum atomic E-state index is 13.1. The van der Waals surface area contributed by atoms with E-state index in [9.17, 15) is 14.7 Å². The number of amides is 1. The van der Waals surface area contributed by atoms with Crippen molar-refractivity contribution in [1.82, 2.24) is 9.88 Å². The summed E-state index contributed by atoms with van der Waals surface area (Å²) < 4.78 is 5.84. The molecule has 1 saturated carbocycles. The van der Waals surface area contributed by atoms with Gasteiger partial charge in [-0.05, 0) is 37.8 Å². The number of aliphatic carboxylic acids is 1. The third-order valence-corrected chi connectivity index (χ3v) is 6.45. The molecule has 1 N–H and O–H groups in total. The molecule has 1 aliphatic carbocycles. The van der Waals surface area contributed by atoms with Gasteiger partial charge in [0.15, 0.2) is 5.58 Å². The molecule has 0 spiro atoms. The van der Waals surface area contributed by atoms with E-state index in [2.05, 4.69) is 9.88 Å². The maximum absolute atomic E-state index is 13.1. The fraction of sp³-hybridized carbons (Fsp3) is 0.571. The highest BCUT2D eigenvalue weighted by Gasteiger charge is 2.46. The van der Waals surface area contributed by atoms with Crippen LogP contribution in [0.1, 0.15) is 44.9 Å². The molecule has 150 valence electrons. The highest BCUT2D eigenvalue weighted by atomic mass is 16.4. The molecule has 1 aromatic carbocycles. The first-order chi connectivity index (χ1) is 13.5. The van der Waals surface area contributed by atoms with Gasteiger partial charge in [-0.2, -0.15) is 4.98 Å². The number of nitrogens with zero attached hydrogens (tertiary/aromatic N) is 3. The van der Waals surface area contributed by atoms with E-state index in [4.69, 9.17) is 4.42 Å². The van der Waals surface area contributed by atoms with E-state index >= 15 is 0 Å². The van der Waals surface area contributed by atoms with Gasteiger partial charge in [0.2, 0.25) is 5.91 Å². The Bertz CT molecular complexity index is 830. The van der Waals surface area contributed by atoms with Gasteiger partial charge in [0.25, 0.3) is 6.01 Å². The minimum absolute atomic E-state index is 0.0403. The van der Waals surface area contributed by atoms with Crippen molar-refractivity contribution in [3.05, 3.63) is 24.3 Å². The van der Waals surface area contributed by atoms with Crippen LogP contribution < -0.4 is 4.90 Å². The molecule has 0 radical (unpaired) electrons. The van der Waals surface area contributed by atoms with Crippen LogP contribution in [-0.2, 0) is 9.59 Å². The fourth-order valence-corrected chi connectivity index (χ4v) is 4.63. The first-order valence-electron chi connectivity index (χ1n) is 10.1. The van der Waals surface area contributed by atoms with E-state index in [0.29, 0.717) is 44.8 Å². The molecule has 2 fully saturated rings. The number of oxazole rings is 1. The Morgan fingerprint density at radius 2 is 1.86 bits per heavy atom. The highest BCUT2D eigenvalue weighted by Crippen LogP contribution is 2.35. The molecular formula is C21H27N3O4. The van der Waals surface area contributed by atoms with Gasteiger partial charge in [-0.3, -0.25) is 4.79 Å². The van der Waals surface area contributed by atoms with E-state index in [1.807, 2.05) is 24.3 Å². The smallest absolute Gasteiger partial charge is 0.329 e. The summed E-state index contributed by atoms with van der Waals surface area (Å²) in [6.45, 7) is 1.36. The number of carboxylic acids is 1. The molecule has 0 atom stereocenters. The van der Waals surface area contributed by atoms with Crippen LogP contribution in [0.4, 0.5) is 6.01 Å². The molecule has 0 unspecified atom stereocenters. The highest BCUT2D eigenvalue weighted by molar-refractivity contribution is 5.88. The first-order valence-corrected chi connectivity index (χ1v) is 10.1. The van der Waals surface area contributed by atoms with Crippen molar-refractivity contribution in [2.45, 2.75) is 50.5 Å². The zero-order valence-corrected chi connectivity index (χ0v) is 16.3. The molecule has 1 aliphatic heterocycles. The predicted octanol–water partition coefficient (Wildman–Crippen LogP) is 3.29. The number of carbonyl (C=O) groups excluding carboxylic acids is 1. The fourth-order valence-electron chi connectivity index (χ4n) is 4.63. The summed E-state index contributed by atoms with van der Waals surface area (Å²) >= 11 is 0. The van der Waals surface area contributed by atoms with Crippen molar-refractivity contribution in [1.29, 1.82) is 0 Å². The number of benzene rings is 1. The zero-order chi connectivity index (χ0) is 19.7. The molecule has 1 saturated heterocycles. The summed E-state index contributed by atoms with van der Waals surface area (Å²) in [6.07, 6.45) is 5.22. The third-order valence-electron chi connectivity index (χ3n) is 6.45. The number of para-hydroxylation sites is 2. The molecular weight excluding hydrogens is 358 g/mol. The van der Waals surface area contributed by atoms with E-state index in [1.165, 1.54) is 4.90 Å². The van der Waals surface area contributed by atoms with E-state index < -0.39 is 11.5 Å². The topological polar surface area (TPSA) is 86.9 Å². The number of fused-ring (bicyclic) bond motifs is 1. The largest absolute Gasteiger partial charge is 0.479 e. The molecule has 28 heavy (non-hydrogen) atoms. The quantitative estimate of drug-likeness (QED) is 0.869. The lowest BCUT2D eigenvalue weighted by molar-refractivity contribution is -0.162.